The molecule has 5 atom stereocenters. The summed E-state index contributed by atoms with van der Waals surface area (Å²) in [6, 6.07) is 0. The Kier molecular flexibility index (Phi) is 2.43. The Morgan fingerprint density at radius 1 is 1.05 bits per heavy atom. The quantitative estimate of drug-likeness (QED) is 0.527. The Morgan fingerprint density at radius 3 is 2.11 bits per heavy atom. The van der Waals surface area contributed by atoms with Crippen LogP contribution in [0.1, 0.15) is 12.8 Å². The van der Waals surface area contributed by atoms with Crippen LogP contribution in [0.25, 0.3) is 0 Å². The van der Waals surface area contributed by atoms with Gasteiger partial charge in [0.25, 0.3) is 5.60 Å². The maximum atomic E-state index is 13.1. The molecule has 19 heavy (non-hydrogen) atoms. The molecule has 3 aliphatic rings. The minimum atomic E-state index is -5.44. The summed E-state index contributed by atoms with van der Waals surface area (Å²) in [7, 11) is 0. The predicted molar refractivity (Wildman–Crippen MR) is 53.1 cm³/mol. The van der Waals surface area contributed by atoms with Gasteiger partial charge in [-0.15, -0.1) is 6.58 Å². The zero-order valence-corrected chi connectivity index (χ0v) is 9.76. The van der Waals surface area contributed by atoms with Crippen LogP contribution in [0.4, 0.5) is 26.3 Å². The normalized spacial score (nSPS) is 43.8. The minimum absolute atomic E-state index is 0.0864. The van der Waals surface area contributed by atoms with Crippen LogP contribution in [-0.4, -0.2) is 24.1 Å². The lowest BCUT2D eigenvalue weighted by Gasteiger charge is -2.37. The molecule has 1 heterocycles. The smallest absolute Gasteiger partial charge is 0.354 e. The average Bonchev–Trinajstić information content (AvgIpc) is 2.80. The van der Waals surface area contributed by atoms with Crippen LogP contribution in [0.3, 0.4) is 0 Å². The van der Waals surface area contributed by atoms with E-state index in [1.54, 1.807) is 0 Å². The van der Waals surface area contributed by atoms with Gasteiger partial charge in [-0.3, -0.25) is 0 Å². The first-order valence-corrected chi connectivity index (χ1v) is 6.07. The summed E-state index contributed by atoms with van der Waals surface area (Å²) in [6.07, 6.45) is -10.1. The molecule has 0 N–H and O–H groups in total. The molecule has 0 aromatic carbocycles. The Labute approximate surface area is 105 Å². The highest BCUT2D eigenvalue weighted by Gasteiger charge is 2.83. The Balaban J connectivity index is 2.09. The summed E-state index contributed by atoms with van der Waals surface area (Å²) in [4.78, 5) is 0. The molecule has 1 saturated heterocycles. The van der Waals surface area contributed by atoms with Gasteiger partial charge < -0.3 is 4.74 Å². The second-order valence-corrected chi connectivity index (χ2v) is 5.63. The van der Waals surface area contributed by atoms with E-state index in [0.717, 1.165) is 0 Å². The first kappa shape index (κ1) is 13.3. The van der Waals surface area contributed by atoms with Gasteiger partial charge in [0.05, 0.1) is 6.10 Å². The van der Waals surface area contributed by atoms with Gasteiger partial charge in [0.2, 0.25) is 0 Å². The van der Waals surface area contributed by atoms with Gasteiger partial charge in [-0.25, -0.2) is 0 Å². The second-order valence-electron chi connectivity index (χ2n) is 5.63. The van der Waals surface area contributed by atoms with Crippen molar-refractivity contribution in [1.82, 2.24) is 0 Å². The van der Waals surface area contributed by atoms with Crippen LogP contribution in [0.2, 0.25) is 0 Å². The molecule has 2 saturated carbocycles. The Bertz CT molecular complexity index is 397. The summed E-state index contributed by atoms with van der Waals surface area (Å²) in [6.45, 7) is 3.51. The van der Waals surface area contributed by atoms with Crippen molar-refractivity contribution in [1.29, 1.82) is 0 Å². The third-order valence-electron chi connectivity index (χ3n) is 4.95. The van der Waals surface area contributed by atoms with E-state index in [-0.39, 0.29) is 12.3 Å². The zero-order chi connectivity index (χ0) is 14.2. The number of alkyl halides is 6. The highest BCUT2D eigenvalue weighted by molar-refractivity contribution is 5.20. The fraction of sp³-hybridized carbons (Fsp3) is 0.833. The van der Waals surface area contributed by atoms with E-state index in [0.29, 0.717) is 6.42 Å². The molecule has 0 spiro atoms. The molecule has 0 radical (unpaired) electrons. The molecule has 1 nitrogen and oxygen atoms in total. The van der Waals surface area contributed by atoms with Crippen LogP contribution in [0, 0.1) is 23.7 Å². The molecule has 2 aliphatic carbocycles. The molecule has 3 rings (SSSR count). The third-order valence-corrected chi connectivity index (χ3v) is 4.95. The molecule has 108 valence electrons. The van der Waals surface area contributed by atoms with Gasteiger partial charge in [0.1, 0.15) is 0 Å². The monoisotopic (exact) mass is 286 g/mol. The van der Waals surface area contributed by atoms with E-state index in [1.165, 1.54) is 6.08 Å². The van der Waals surface area contributed by atoms with E-state index < -0.39 is 41.8 Å². The van der Waals surface area contributed by atoms with Crippen molar-refractivity contribution in [3.05, 3.63) is 12.7 Å². The SMILES string of the molecule is C=CC1C2CC3C1OC(C(F)(F)F)(C(F)(F)F)C3C2. The summed E-state index contributed by atoms with van der Waals surface area (Å²) in [5.74, 6) is -2.72. The topological polar surface area (TPSA) is 9.23 Å². The lowest BCUT2D eigenvalue weighted by Crippen LogP contribution is -2.60. The van der Waals surface area contributed by atoms with Crippen molar-refractivity contribution in [3.8, 4) is 0 Å². The largest absolute Gasteiger partial charge is 0.426 e. The molecule has 7 heteroatoms. The van der Waals surface area contributed by atoms with Gasteiger partial charge in [0, 0.05) is 11.8 Å². The number of halogens is 6. The summed E-state index contributed by atoms with van der Waals surface area (Å²) < 4.78 is 83.3. The van der Waals surface area contributed by atoms with Crippen LogP contribution in [0.15, 0.2) is 12.7 Å². The average molecular weight is 286 g/mol. The molecule has 3 fully saturated rings. The number of rotatable bonds is 1. The van der Waals surface area contributed by atoms with Gasteiger partial charge in [0.15, 0.2) is 0 Å². The van der Waals surface area contributed by atoms with Crippen LogP contribution >= 0.6 is 0 Å². The van der Waals surface area contributed by atoms with Crippen molar-refractivity contribution >= 4 is 0 Å². The minimum Gasteiger partial charge on any atom is -0.354 e. The molecule has 2 bridgehead atoms. The molecule has 0 aromatic heterocycles. The Morgan fingerprint density at radius 2 is 1.63 bits per heavy atom. The highest BCUT2D eigenvalue weighted by atomic mass is 19.4. The van der Waals surface area contributed by atoms with Crippen molar-refractivity contribution in [3.63, 3.8) is 0 Å². The predicted octanol–water partition coefficient (Wildman–Crippen LogP) is 3.71. The van der Waals surface area contributed by atoms with E-state index >= 15 is 0 Å². The van der Waals surface area contributed by atoms with Gasteiger partial charge in [-0.05, 0) is 24.7 Å². The lowest BCUT2D eigenvalue weighted by atomic mass is 9.75. The maximum absolute atomic E-state index is 13.1. The molecular formula is C12H12F6O. The summed E-state index contributed by atoms with van der Waals surface area (Å²) >= 11 is 0. The van der Waals surface area contributed by atoms with Gasteiger partial charge >= 0.3 is 12.4 Å². The number of ether oxygens (including phenoxy) is 1. The lowest BCUT2D eigenvalue weighted by molar-refractivity contribution is -0.384. The van der Waals surface area contributed by atoms with Gasteiger partial charge in [-0.1, -0.05) is 6.08 Å². The van der Waals surface area contributed by atoms with E-state index in [2.05, 4.69) is 11.3 Å². The molecule has 5 unspecified atom stereocenters. The van der Waals surface area contributed by atoms with E-state index in [9.17, 15) is 26.3 Å². The fourth-order valence-electron chi connectivity index (χ4n) is 4.32. The van der Waals surface area contributed by atoms with Crippen molar-refractivity contribution < 1.29 is 31.1 Å². The van der Waals surface area contributed by atoms with E-state index in [4.69, 9.17) is 0 Å². The zero-order valence-electron chi connectivity index (χ0n) is 9.76. The third kappa shape index (κ3) is 1.37. The number of hydrogen-bond donors (Lipinski definition) is 0. The van der Waals surface area contributed by atoms with Crippen molar-refractivity contribution in [2.24, 2.45) is 23.7 Å². The summed E-state index contributed by atoms with van der Waals surface area (Å²) in [5, 5.41) is 0. The van der Waals surface area contributed by atoms with E-state index in [1.807, 2.05) is 0 Å². The molecule has 1 aliphatic heterocycles. The number of fused-ring (bicyclic) bond motifs is 1. The van der Waals surface area contributed by atoms with Crippen molar-refractivity contribution in [2.45, 2.75) is 36.9 Å². The number of hydrogen-bond acceptors (Lipinski definition) is 1. The first-order valence-electron chi connectivity index (χ1n) is 6.07. The second kappa shape index (κ2) is 3.48. The van der Waals surface area contributed by atoms with Crippen molar-refractivity contribution in [2.75, 3.05) is 0 Å². The van der Waals surface area contributed by atoms with Crippen LogP contribution in [-0.2, 0) is 4.74 Å². The van der Waals surface area contributed by atoms with Crippen LogP contribution in [0.5, 0.6) is 0 Å². The molecule has 0 aromatic rings. The fourth-order valence-corrected chi connectivity index (χ4v) is 4.32. The molecule has 0 amide bonds. The molecular weight excluding hydrogens is 274 g/mol. The summed E-state index contributed by atoms with van der Waals surface area (Å²) in [5.41, 5.74) is -3.98. The standard InChI is InChI=1S/C12H12F6O/c1-2-6-5-3-7-8(4-5)10(11(13,14)15,12(16,17)18)19-9(6)7/h2,5-9H,1,3-4H2. The maximum Gasteiger partial charge on any atom is 0.426 e. The van der Waals surface area contributed by atoms with Crippen LogP contribution < -0.4 is 0 Å². The van der Waals surface area contributed by atoms with Gasteiger partial charge in [-0.2, -0.15) is 26.3 Å². The first-order chi connectivity index (χ1) is 8.63. The highest BCUT2D eigenvalue weighted by Crippen LogP contribution is 2.69. The Hall–Kier alpha value is -0.720.